The van der Waals surface area contributed by atoms with Gasteiger partial charge in [0.25, 0.3) is 5.91 Å². The molecule has 2 rings (SSSR count). The van der Waals surface area contributed by atoms with Gasteiger partial charge in [-0.2, -0.15) is 0 Å². The first-order valence-corrected chi connectivity index (χ1v) is 8.40. The quantitative estimate of drug-likeness (QED) is 0.449. The van der Waals surface area contributed by atoms with Crippen LogP contribution in [0.25, 0.3) is 12.2 Å². The molecule has 5 heteroatoms. The van der Waals surface area contributed by atoms with Gasteiger partial charge in [0.15, 0.2) is 5.78 Å². The van der Waals surface area contributed by atoms with Crippen molar-refractivity contribution in [2.45, 2.75) is 6.92 Å². The molecule has 25 heavy (non-hydrogen) atoms. The van der Waals surface area contributed by atoms with Gasteiger partial charge in [0, 0.05) is 6.54 Å². The fourth-order valence-electron chi connectivity index (χ4n) is 2.10. The van der Waals surface area contributed by atoms with Gasteiger partial charge in [-0.15, -0.1) is 0 Å². The Hall–Kier alpha value is -2.36. The summed E-state index contributed by atoms with van der Waals surface area (Å²) >= 11 is 11.8. The average Bonchev–Trinajstić information content (AvgIpc) is 2.60. The number of carbonyl (C=O) groups excluding carboxylic acids is 2. The number of carbonyl (C=O) groups is 2. The molecule has 2 aromatic rings. The summed E-state index contributed by atoms with van der Waals surface area (Å²) in [6.45, 7) is 1.67. The maximum Gasteiger partial charge on any atom is 0.255 e. The summed E-state index contributed by atoms with van der Waals surface area (Å²) < 4.78 is 0. The van der Waals surface area contributed by atoms with Gasteiger partial charge in [-0.25, -0.2) is 0 Å². The molecule has 0 saturated heterocycles. The minimum atomic E-state index is -0.434. The number of hydrogen-bond donors (Lipinski definition) is 1. The standard InChI is InChI=1S/C20H17Cl2NO2/c1-14(24)17(12-16-9-10-18(21)19(22)13-16)20(25)23-11-5-8-15-6-3-2-4-7-15/h2-10,12-13H,11H2,1H3,(H,23,25)/b8-5+,17-12-. The Kier molecular flexibility index (Phi) is 6.99. The molecule has 0 radical (unpaired) electrons. The third-order valence-corrected chi connectivity index (χ3v) is 4.11. The highest BCUT2D eigenvalue weighted by Gasteiger charge is 2.13. The van der Waals surface area contributed by atoms with Crippen LogP contribution in [0.4, 0.5) is 0 Å². The Morgan fingerprint density at radius 1 is 1.00 bits per heavy atom. The van der Waals surface area contributed by atoms with E-state index in [2.05, 4.69) is 5.32 Å². The molecule has 0 bridgehead atoms. The van der Waals surface area contributed by atoms with Crippen molar-refractivity contribution in [1.82, 2.24) is 5.32 Å². The minimum Gasteiger partial charge on any atom is -0.348 e. The molecule has 0 unspecified atom stereocenters. The summed E-state index contributed by atoms with van der Waals surface area (Å²) in [6, 6.07) is 14.7. The van der Waals surface area contributed by atoms with E-state index in [0.29, 0.717) is 22.2 Å². The molecule has 0 aromatic heterocycles. The Morgan fingerprint density at radius 2 is 1.72 bits per heavy atom. The van der Waals surface area contributed by atoms with E-state index in [4.69, 9.17) is 23.2 Å². The van der Waals surface area contributed by atoms with Crippen LogP contribution >= 0.6 is 23.2 Å². The SMILES string of the molecule is CC(=O)/C(=C/c1ccc(Cl)c(Cl)c1)C(=O)NC/C=C/c1ccccc1. The number of Topliss-reactive ketones (excluding diaryl/α,β-unsaturated/α-hetero) is 1. The van der Waals surface area contributed by atoms with Gasteiger partial charge in [-0.1, -0.05) is 71.8 Å². The predicted molar refractivity (Wildman–Crippen MR) is 104 cm³/mol. The lowest BCUT2D eigenvalue weighted by Gasteiger charge is -2.05. The first-order chi connectivity index (χ1) is 12.0. The monoisotopic (exact) mass is 373 g/mol. The fourth-order valence-corrected chi connectivity index (χ4v) is 2.41. The molecule has 0 aliphatic heterocycles. The Balaban J connectivity index is 2.05. The molecule has 0 heterocycles. The van der Waals surface area contributed by atoms with E-state index < -0.39 is 5.91 Å². The number of nitrogens with one attached hydrogen (secondary N) is 1. The van der Waals surface area contributed by atoms with E-state index in [1.807, 2.05) is 42.5 Å². The smallest absolute Gasteiger partial charge is 0.255 e. The van der Waals surface area contributed by atoms with Crippen LogP contribution in [0.5, 0.6) is 0 Å². The number of amides is 1. The molecule has 0 fully saturated rings. The number of benzene rings is 2. The second kappa shape index (κ2) is 9.21. The summed E-state index contributed by atoms with van der Waals surface area (Å²) in [4.78, 5) is 24.0. The normalized spacial score (nSPS) is 11.6. The van der Waals surface area contributed by atoms with Crippen LogP contribution < -0.4 is 5.32 Å². The largest absolute Gasteiger partial charge is 0.348 e. The third kappa shape index (κ3) is 5.89. The van der Waals surface area contributed by atoms with Gasteiger partial charge in [0.2, 0.25) is 0 Å². The van der Waals surface area contributed by atoms with Crippen molar-refractivity contribution in [3.63, 3.8) is 0 Å². The van der Waals surface area contributed by atoms with Gasteiger partial charge >= 0.3 is 0 Å². The molecule has 0 aliphatic rings. The van der Waals surface area contributed by atoms with E-state index >= 15 is 0 Å². The molecule has 1 amide bonds. The van der Waals surface area contributed by atoms with E-state index in [0.717, 1.165) is 5.56 Å². The number of rotatable bonds is 6. The van der Waals surface area contributed by atoms with Crippen molar-refractivity contribution in [3.05, 3.63) is 81.4 Å². The van der Waals surface area contributed by atoms with Crippen molar-refractivity contribution in [1.29, 1.82) is 0 Å². The highest BCUT2D eigenvalue weighted by Crippen LogP contribution is 2.23. The molecule has 0 aliphatic carbocycles. The summed E-state index contributed by atoms with van der Waals surface area (Å²) in [5, 5.41) is 3.49. The highest BCUT2D eigenvalue weighted by atomic mass is 35.5. The zero-order chi connectivity index (χ0) is 18.2. The number of halogens is 2. The van der Waals surface area contributed by atoms with Crippen LogP contribution in [0, 0.1) is 0 Å². The van der Waals surface area contributed by atoms with Crippen LogP contribution in [0.3, 0.4) is 0 Å². The van der Waals surface area contributed by atoms with E-state index in [9.17, 15) is 9.59 Å². The van der Waals surface area contributed by atoms with Crippen LogP contribution in [-0.4, -0.2) is 18.2 Å². The Bertz CT molecular complexity index is 827. The molecular weight excluding hydrogens is 357 g/mol. The highest BCUT2D eigenvalue weighted by molar-refractivity contribution is 6.42. The van der Waals surface area contributed by atoms with Crippen molar-refractivity contribution in [3.8, 4) is 0 Å². The van der Waals surface area contributed by atoms with Gasteiger partial charge in [0.05, 0.1) is 15.6 Å². The van der Waals surface area contributed by atoms with Crippen molar-refractivity contribution in [2.75, 3.05) is 6.54 Å². The second-order valence-electron chi connectivity index (χ2n) is 5.31. The topological polar surface area (TPSA) is 46.2 Å². The summed E-state index contributed by atoms with van der Waals surface area (Å²) in [5.74, 6) is -0.758. The Morgan fingerprint density at radius 3 is 2.36 bits per heavy atom. The van der Waals surface area contributed by atoms with E-state index in [1.165, 1.54) is 13.0 Å². The average molecular weight is 374 g/mol. The summed E-state index contributed by atoms with van der Waals surface area (Å²) in [5.41, 5.74) is 1.73. The molecule has 0 spiro atoms. The first-order valence-electron chi connectivity index (χ1n) is 7.65. The number of hydrogen-bond acceptors (Lipinski definition) is 2. The molecular formula is C20H17Cl2NO2. The van der Waals surface area contributed by atoms with Gasteiger partial charge in [-0.05, 0) is 36.3 Å². The third-order valence-electron chi connectivity index (χ3n) is 3.37. The second-order valence-corrected chi connectivity index (χ2v) is 6.13. The van der Waals surface area contributed by atoms with E-state index in [1.54, 1.807) is 18.2 Å². The van der Waals surface area contributed by atoms with Crippen molar-refractivity contribution < 1.29 is 9.59 Å². The lowest BCUT2D eigenvalue weighted by Crippen LogP contribution is -2.27. The van der Waals surface area contributed by atoms with Gasteiger partial charge in [-0.3, -0.25) is 9.59 Å². The van der Waals surface area contributed by atoms with Crippen LogP contribution in [0.1, 0.15) is 18.1 Å². The first kappa shape index (κ1) is 19.0. The zero-order valence-electron chi connectivity index (χ0n) is 13.6. The zero-order valence-corrected chi connectivity index (χ0v) is 15.1. The van der Waals surface area contributed by atoms with Crippen molar-refractivity contribution in [2.24, 2.45) is 0 Å². The van der Waals surface area contributed by atoms with Crippen LogP contribution in [-0.2, 0) is 9.59 Å². The van der Waals surface area contributed by atoms with Gasteiger partial charge in [0.1, 0.15) is 0 Å². The molecule has 0 saturated carbocycles. The fraction of sp³-hybridized carbons (Fsp3) is 0.100. The van der Waals surface area contributed by atoms with Crippen molar-refractivity contribution >= 4 is 47.0 Å². The van der Waals surface area contributed by atoms with Crippen LogP contribution in [0.2, 0.25) is 10.0 Å². The number of ketones is 1. The Labute approximate surface area is 157 Å². The molecule has 128 valence electrons. The lowest BCUT2D eigenvalue weighted by atomic mass is 10.1. The lowest BCUT2D eigenvalue weighted by molar-refractivity contribution is -0.121. The predicted octanol–water partition coefficient (Wildman–Crippen LogP) is 4.80. The maximum atomic E-state index is 12.3. The minimum absolute atomic E-state index is 0.0616. The maximum absolute atomic E-state index is 12.3. The molecule has 0 atom stereocenters. The summed E-state index contributed by atoms with van der Waals surface area (Å²) in [7, 11) is 0. The molecule has 1 N–H and O–H groups in total. The molecule has 3 nitrogen and oxygen atoms in total. The molecule has 2 aromatic carbocycles. The van der Waals surface area contributed by atoms with Gasteiger partial charge < -0.3 is 5.32 Å². The van der Waals surface area contributed by atoms with E-state index in [-0.39, 0.29) is 11.4 Å². The van der Waals surface area contributed by atoms with Crippen LogP contribution in [0.15, 0.2) is 60.2 Å². The summed E-state index contributed by atoms with van der Waals surface area (Å²) in [6.07, 6.45) is 5.22.